The first kappa shape index (κ1) is 24.6. The topological polar surface area (TPSA) is 51.2 Å². The molecule has 3 aliphatic rings. The lowest BCUT2D eigenvalue weighted by atomic mass is 9.72. The summed E-state index contributed by atoms with van der Waals surface area (Å²) in [6.07, 6.45) is 7.71. The van der Waals surface area contributed by atoms with Gasteiger partial charge in [0.25, 0.3) is 0 Å². The van der Waals surface area contributed by atoms with Crippen LogP contribution in [0.4, 0.5) is 4.79 Å². The van der Waals surface area contributed by atoms with Crippen LogP contribution in [-0.4, -0.2) is 72.5 Å². The highest BCUT2D eigenvalue weighted by molar-refractivity contribution is 6.51. The first-order valence-corrected chi connectivity index (χ1v) is 12.0. The largest absolute Gasteiger partial charge is 0.486 e. The maximum atomic E-state index is 12.4. The molecule has 0 radical (unpaired) electrons. The van der Waals surface area contributed by atoms with E-state index in [-0.39, 0.29) is 24.4 Å². The molecule has 0 atom stereocenters. The smallest absolute Gasteiger partial charge is 0.444 e. The van der Waals surface area contributed by atoms with Crippen LogP contribution in [0.5, 0.6) is 0 Å². The molecule has 0 saturated carbocycles. The van der Waals surface area contributed by atoms with Crippen LogP contribution in [0.15, 0.2) is 12.1 Å². The van der Waals surface area contributed by atoms with E-state index in [2.05, 4.69) is 44.6 Å². The predicted molar refractivity (Wildman–Crippen MR) is 125 cm³/mol. The molecular formula is C24H43BN2O4. The van der Waals surface area contributed by atoms with Crippen LogP contribution < -0.4 is 0 Å². The Hall–Kier alpha value is -1.05. The van der Waals surface area contributed by atoms with Gasteiger partial charge in [-0.05, 0) is 92.5 Å². The number of piperidine rings is 2. The number of ether oxygens (including phenoxy) is 1. The van der Waals surface area contributed by atoms with E-state index in [1.165, 1.54) is 19.4 Å². The second-order valence-corrected chi connectivity index (χ2v) is 11.7. The standard InChI is InChI=1S/C24H43BN2O4/c1-21(2,3)29-20(28)27-17-12-24(13-18-27)11-10-16-26(19-24)15-9-8-14-25-30-22(4,5)23(6,7)31-25/h8,14H,9-13,15-19H2,1-7H3/b14-8+. The van der Waals surface area contributed by atoms with Crippen LogP contribution in [0.25, 0.3) is 0 Å². The molecule has 3 rings (SSSR count). The van der Waals surface area contributed by atoms with Gasteiger partial charge in [0.15, 0.2) is 0 Å². The lowest BCUT2D eigenvalue weighted by Crippen LogP contribution is -2.51. The minimum Gasteiger partial charge on any atom is -0.444 e. The fraction of sp³-hybridized carbons (Fsp3) is 0.875. The average Bonchev–Trinajstić information content (AvgIpc) is 2.85. The molecule has 0 aromatic rings. The molecule has 3 heterocycles. The second-order valence-electron chi connectivity index (χ2n) is 11.7. The van der Waals surface area contributed by atoms with Gasteiger partial charge in [-0.1, -0.05) is 12.1 Å². The Morgan fingerprint density at radius 3 is 2.23 bits per heavy atom. The van der Waals surface area contributed by atoms with Crippen molar-refractivity contribution in [2.45, 2.75) is 97.4 Å². The lowest BCUT2D eigenvalue weighted by molar-refractivity contribution is -0.00597. The summed E-state index contributed by atoms with van der Waals surface area (Å²) in [5.74, 6) is 2.07. The van der Waals surface area contributed by atoms with Crippen molar-refractivity contribution in [2.75, 3.05) is 32.7 Å². The molecule has 3 aliphatic heterocycles. The summed E-state index contributed by atoms with van der Waals surface area (Å²) >= 11 is 0. The van der Waals surface area contributed by atoms with Gasteiger partial charge < -0.3 is 23.8 Å². The van der Waals surface area contributed by atoms with Crippen molar-refractivity contribution < 1.29 is 18.8 Å². The van der Waals surface area contributed by atoms with E-state index in [1.54, 1.807) is 0 Å². The Balaban J connectivity index is 1.43. The van der Waals surface area contributed by atoms with Crippen molar-refractivity contribution >= 4 is 13.2 Å². The van der Waals surface area contributed by atoms with E-state index < -0.39 is 5.60 Å². The van der Waals surface area contributed by atoms with Crippen LogP contribution in [0.1, 0.15) is 80.6 Å². The van der Waals surface area contributed by atoms with Crippen molar-refractivity contribution in [1.82, 2.24) is 9.80 Å². The Kier molecular flexibility index (Phi) is 7.19. The maximum Gasteiger partial charge on any atom is 0.486 e. The molecule has 1 amide bonds. The first-order chi connectivity index (χ1) is 14.3. The molecule has 1 spiro atoms. The van der Waals surface area contributed by atoms with Gasteiger partial charge in [-0.25, -0.2) is 4.79 Å². The van der Waals surface area contributed by atoms with Gasteiger partial charge in [0.05, 0.1) is 11.2 Å². The van der Waals surface area contributed by atoms with Crippen LogP contribution in [-0.2, 0) is 14.0 Å². The molecular weight excluding hydrogens is 391 g/mol. The molecule has 0 aromatic heterocycles. The summed E-state index contributed by atoms with van der Waals surface area (Å²) in [7, 11) is -0.255. The van der Waals surface area contributed by atoms with Crippen LogP contribution in [0.3, 0.4) is 0 Å². The van der Waals surface area contributed by atoms with Crippen molar-refractivity contribution in [1.29, 1.82) is 0 Å². The number of hydrogen-bond acceptors (Lipinski definition) is 5. The molecule has 0 unspecified atom stereocenters. The van der Waals surface area contributed by atoms with Crippen LogP contribution >= 0.6 is 0 Å². The van der Waals surface area contributed by atoms with Gasteiger partial charge in [0.2, 0.25) is 0 Å². The summed E-state index contributed by atoms with van der Waals surface area (Å²) in [6.45, 7) is 19.1. The SMILES string of the molecule is CC(C)(C)OC(=O)N1CCC2(CCCN(CC/C=C/B3OC(C)(C)C(C)(C)O3)C2)CC1. The second kappa shape index (κ2) is 9.07. The van der Waals surface area contributed by atoms with Crippen LogP contribution in [0.2, 0.25) is 0 Å². The highest BCUT2D eigenvalue weighted by Crippen LogP contribution is 2.40. The Labute approximate surface area is 189 Å². The van der Waals surface area contributed by atoms with Crippen molar-refractivity contribution in [3.63, 3.8) is 0 Å². The Morgan fingerprint density at radius 1 is 1.03 bits per heavy atom. The molecule has 3 fully saturated rings. The summed E-state index contributed by atoms with van der Waals surface area (Å²) < 4.78 is 17.6. The molecule has 6 nitrogen and oxygen atoms in total. The summed E-state index contributed by atoms with van der Waals surface area (Å²) in [4.78, 5) is 16.9. The van der Waals surface area contributed by atoms with Crippen molar-refractivity contribution in [3.05, 3.63) is 12.1 Å². The zero-order valence-electron chi connectivity index (χ0n) is 20.8. The van der Waals surface area contributed by atoms with E-state index in [0.717, 1.165) is 45.4 Å². The van der Waals surface area contributed by atoms with E-state index in [1.807, 2.05) is 25.7 Å². The molecule has 3 saturated heterocycles. The number of nitrogens with zero attached hydrogens (tertiary/aromatic N) is 2. The summed E-state index contributed by atoms with van der Waals surface area (Å²) in [5.41, 5.74) is -0.640. The highest BCUT2D eigenvalue weighted by Gasteiger charge is 2.50. The average molecular weight is 434 g/mol. The van der Waals surface area contributed by atoms with Gasteiger partial charge in [-0.3, -0.25) is 0 Å². The third-order valence-electron chi connectivity index (χ3n) is 7.39. The lowest BCUT2D eigenvalue weighted by Gasteiger charge is -2.47. The Bertz CT molecular complexity index is 647. The highest BCUT2D eigenvalue weighted by atomic mass is 16.7. The molecule has 0 aliphatic carbocycles. The Morgan fingerprint density at radius 2 is 1.65 bits per heavy atom. The molecule has 0 aromatic carbocycles. The van der Waals surface area contributed by atoms with E-state index >= 15 is 0 Å². The predicted octanol–water partition coefficient (Wildman–Crippen LogP) is 4.68. The van der Waals surface area contributed by atoms with Gasteiger partial charge in [-0.15, -0.1) is 0 Å². The summed E-state index contributed by atoms with van der Waals surface area (Å²) in [5, 5.41) is 0. The monoisotopic (exact) mass is 434 g/mol. The van der Waals surface area contributed by atoms with Gasteiger partial charge >= 0.3 is 13.2 Å². The fourth-order valence-corrected chi connectivity index (χ4v) is 4.83. The van der Waals surface area contributed by atoms with Gasteiger partial charge in [-0.2, -0.15) is 0 Å². The number of amides is 1. The van der Waals surface area contributed by atoms with E-state index in [4.69, 9.17) is 14.0 Å². The van der Waals surface area contributed by atoms with Crippen LogP contribution in [0, 0.1) is 5.41 Å². The number of carbonyl (C=O) groups is 1. The first-order valence-electron chi connectivity index (χ1n) is 12.0. The van der Waals surface area contributed by atoms with E-state index in [0.29, 0.717) is 5.41 Å². The number of hydrogen-bond donors (Lipinski definition) is 0. The number of likely N-dealkylation sites (tertiary alicyclic amines) is 2. The van der Waals surface area contributed by atoms with Gasteiger partial charge in [0.1, 0.15) is 5.60 Å². The maximum absolute atomic E-state index is 12.4. The zero-order chi connectivity index (χ0) is 22.9. The van der Waals surface area contributed by atoms with E-state index in [9.17, 15) is 4.79 Å². The fourth-order valence-electron chi connectivity index (χ4n) is 4.83. The summed E-state index contributed by atoms with van der Waals surface area (Å²) in [6, 6.07) is 0. The molecule has 7 heteroatoms. The van der Waals surface area contributed by atoms with Crippen molar-refractivity contribution in [2.24, 2.45) is 5.41 Å². The molecule has 0 N–H and O–H groups in total. The molecule has 31 heavy (non-hydrogen) atoms. The third-order valence-corrected chi connectivity index (χ3v) is 7.39. The van der Waals surface area contributed by atoms with Gasteiger partial charge in [0, 0.05) is 26.2 Å². The zero-order valence-corrected chi connectivity index (χ0v) is 20.8. The molecule has 176 valence electrons. The molecule has 0 bridgehead atoms. The number of carbonyl (C=O) groups excluding carboxylic acids is 1. The number of rotatable bonds is 4. The minimum atomic E-state index is -0.429. The minimum absolute atomic E-state index is 0.164. The third kappa shape index (κ3) is 6.26. The quantitative estimate of drug-likeness (QED) is 0.602. The van der Waals surface area contributed by atoms with Crippen molar-refractivity contribution in [3.8, 4) is 0 Å². The normalized spacial score (nSPS) is 26.0.